The van der Waals surface area contributed by atoms with Crippen molar-refractivity contribution in [1.82, 2.24) is 30.6 Å². The number of carboxylic acid groups (broad SMARTS) is 1. The molecule has 0 radical (unpaired) electrons. The zero-order chi connectivity index (χ0) is 30.6. The zero-order valence-electron chi connectivity index (χ0n) is 24.1. The molecule has 3 aromatic heterocycles. The highest BCUT2D eigenvalue weighted by Gasteiger charge is 2.26. The molecule has 2 aliphatic heterocycles. The number of benzene rings is 1. The van der Waals surface area contributed by atoms with Gasteiger partial charge in [-0.05, 0) is 72.1 Å². The third-order valence-corrected chi connectivity index (χ3v) is 8.81. The summed E-state index contributed by atoms with van der Waals surface area (Å²) in [6.45, 7) is 4.87. The van der Waals surface area contributed by atoms with Gasteiger partial charge in [-0.1, -0.05) is 31.2 Å². The smallest absolute Gasteiger partial charge is 0.338 e. The summed E-state index contributed by atoms with van der Waals surface area (Å²) in [7, 11) is 0. The van der Waals surface area contributed by atoms with Gasteiger partial charge < -0.3 is 15.3 Å². The summed E-state index contributed by atoms with van der Waals surface area (Å²) in [6.07, 6.45) is 11.0. The Morgan fingerprint density at radius 3 is 2.70 bits per heavy atom. The number of carbonyl (C=O) groups is 3. The monoisotopic (exact) mass is 609 g/mol. The number of aromatic carboxylic acids is 1. The second kappa shape index (κ2) is 12.9. The average molecular weight is 610 g/mol. The lowest BCUT2D eigenvalue weighted by molar-refractivity contribution is -0.115. The minimum absolute atomic E-state index is 0.231. The fraction of sp³-hybridized carbons (Fsp3) is 0.281. The van der Waals surface area contributed by atoms with Gasteiger partial charge in [-0.15, -0.1) is 0 Å². The summed E-state index contributed by atoms with van der Waals surface area (Å²) >= 11 is 0.865. The second-order valence-corrected chi connectivity index (χ2v) is 11.8. The molecule has 6 rings (SSSR count). The number of hydrogen-bond donors (Lipinski definition) is 3. The maximum atomic E-state index is 12.5. The van der Waals surface area contributed by atoms with Gasteiger partial charge in [0.2, 0.25) is 5.95 Å². The van der Waals surface area contributed by atoms with Crippen LogP contribution in [0.15, 0.2) is 60.0 Å². The second-order valence-electron chi connectivity index (χ2n) is 10.7. The van der Waals surface area contributed by atoms with Crippen molar-refractivity contribution in [1.29, 1.82) is 0 Å². The molecule has 1 aromatic carbocycles. The first-order valence-electron chi connectivity index (χ1n) is 14.5. The van der Waals surface area contributed by atoms with E-state index in [4.69, 9.17) is 0 Å². The third kappa shape index (κ3) is 6.17. The molecule has 0 unspecified atom stereocenters. The Morgan fingerprint density at radius 1 is 1.14 bits per heavy atom. The molecule has 2 fully saturated rings. The zero-order valence-corrected chi connectivity index (χ0v) is 24.9. The molecule has 2 aliphatic rings. The summed E-state index contributed by atoms with van der Waals surface area (Å²) in [6, 6.07) is 9.50. The highest BCUT2D eigenvalue weighted by Crippen LogP contribution is 2.32. The van der Waals surface area contributed by atoms with Crippen LogP contribution in [0.4, 0.5) is 10.7 Å². The van der Waals surface area contributed by atoms with Gasteiger partial charge in [0.1, 0.15) is 0 Å². The van der Waals surface area contributed by atoms with E-state index in [9.17, 15) is 19.5 Å². The van der Waals surface area contributed by atoms with Crippen molar-refractivity contribution in [3.63, 3.8) is 0 Å². The Morgan fingerprint density at radius 2 is 1.95 bits per heavy atom. The van der Waals surface area contributed by atoms with E-state index in [1.807, 2.05) is 31.2 Å². The molecule has 5 heterocycles. The molecule has 12 heteroatoms. The Labute approximate surface area is 258 Å². The number of anilines is 1. The van der Waals surface area contributed by atoms with Crippen LogP contribution < -0.4 is 15.5 Å². The van der Waals surface area contributed by atoms with Gasteiger partial charge in [-0.2, -0.15) is 0 Å². The third-order valence-electron chi connectivity index (χ3n) is 8.00. The van der Waals surface area contributed by atoms with E-state index in [2.05, 4.69) is 35.5 Å². The lowest BCUT2D eigenvalue weighted by Gasteiger charge is -2.32. The molecule has 224 valence electrons. The van der Waals surface area contributed by atoms with Crippen molar-refractivity contribution in [2.75, 3.05) is 24.5 Å². The molecule has 44 heavy (non-hydrogen) atoms. The lowest BCUT2D eigenvalue weighted by Crippen LogP contribution is -2.38. The summed E-state index contributed by atoms with van der Waals surface area (Å²) in [5, 5.41) is 17.5. The molecule has 0 aliphatic carbocycles. The predicted molar refractivity (Wildman–Crippen MR) is 169 cm³/mol. The average Bonchev–Trinajstić information content (AvgIpc) is 3.36. The number of rotatable bonds is 9. The fourth-order valence-corrected chi connectivity index (χ4v) is 6.45. The minimum atomic E-state index is -0.993. The van der Waals surface area contributed by atoms with Crippen LogP contribution in [-0.2, 0) is 17.8 Å². The number of carbonyl (C=O) groups excluding carboxylic acids is 2. The maximum Gasteiger partial charge on any atom is 0.338 e. The number of aromatic nitrogens is 4. The fourth-order valence-electron chi connectivity index (χ4n) is 5.78. The number of nitrogens with zero attached hydrogens (tertiary/aromatic N) is 5. The summed E-state index contributed by atoms with van der Waals surface area (Å²) in [5.41, 5.74) is 3.63. The van der Waals surface area contributed by atoms with Gasteiger partial charge in [-0.3, -0.25) is 24.9 Å². The van der Waals surface area contributed by atoms with Crippen LogP contribution in [0.3, 0.4) is 0 Å². The van der Waals surface area contributed by atoms with Crippen molar-refractivity contribution in [3.05, 3.63) is 82.4 Å². The predicted octanol–water partition coefficient (Wildman–Crippen LogP) is 4.68. The Hall–Kier alpha value is -4.68. The van der Waals surface area contributed by atoms with Crippen LogP contribution in [0.25, 0.3) is 28.1 Å². The van der Waals surface area contributed by atoms with Gasteiger partial charge in [0.05, 0.1) is 21.9 Å². The number of imide groups is 1. The molecule has 0 spiro atoms. The summed E-state index contributed by atoms with van der Waals surface area (Å²) in [4.78, 5) is 56.3. The standard InChI is InChI=1S/C32H31N7O4S/c1-2-23-21(17-36-28(27(23)30(41)42)25-18-34-15-20-5-3-4-6-24(20)25)16-33-14-19-8-11-39(12-9-19)31-35-10-7-22(37-31)13-26-29(40)38-32(43)44-26/h3-7,10,13,15,17-19,33H,2,8-9,11-12,14,16H2,1H3,(H,41,42)(H,38,40,43). The molecule has 3 N–H and O–H groups in total. The SMILES string of the molecule is CCc1c(CNCC2CCN(c3nccc(C=C4SC(=O)NC4=O)n3)CC2)cnc(-c2cncc3ccccc23)c1C(=O)O. The molecule has 4 aromatic rings. The van der Waals surface area contributed by atoms with Crippen molar-refractivity contribution < 1.29 is 19.5 Å². The quantitative estimate of drug-likeness (QED) is 0.227. The molecular weight excluding hydrogens is 578 g/mol. The number of nitrogens with one attached hydrogen (secondary N) is 2. The molecule has 0 atom stereocenters. The van der Waals surface area contributed by atoms with Gasteiger partial charge in [0, 0.05) is 55.4 Å². The molecular formula is C32H31N7O4S. The number of fused-ring (bicyclic) bond motifs is 1. The van der Waals surface area contributed by atoms with Crippen LogP contribution in [0.2, 0.25) is 0 Å². The van der Waals surface area contributed by atoms with E-state index >= 15 is 0 Å². The Bertz CT molecular complexity index is 1780. The number of amides is 2. The first-order valence-corrected chi connectivity index (χ1v) is 15.3. The van der Waals surface area contributed by atoms with Gasteiger partial charge in [0.25, 0.3) is 11.1 Å². The van der Waals surface area contributed by atoms with E-state index in [0.717, 1.165) is 66.1 Å². The topological polar surface area (TPSA) is 150 Å². The summed E-state index contributed by atoms with van der Waals surface area (Å²) < 4.78 is 0. The lowest BCUT2D eigenvalue weighted by atomic mass is 9.93. The van der Waals surface area contributed by atoms with Crippen molar-refractivity contribution in [2.24, 2.45) is 5.92 Å². The Balaban J connectivity index is 1.09. The molecule has 0 bridgehead atoms. The highest BCUT2D eigenvalue weighted by atomic mass is 32.2. The largest absolute Gasteiger partial charge is 0.478 e. The van der Waals surface area contributed by atoms with E-state index in [-0.39, 0.29) is 10.8 Å². The maximum absolute atomic E-state index is 12.5. The van der Waals surface area contributed by atoms with E-state index in [1.54, 1.807) is 36.9 Å². The minimum Gasteiger partial charge on any atom is -0.478 e. The van der Waals surface area contributed by atoms with E-state index < -0.39 is 11.9 Å². The number of thioether (sulfide) groups is 1. The molecule has 0 saturated carbocycles. The van der Waals surface area contributed by atoms with Crippen LogP contribution >= 0.6 is 11.8 Å². The molecule has 2 amide bonds. The normalized spacial score (nSPS) is 16.6. The van der Waals surface area contributed by atoms with Crippen LogP contribution in [0.5, 0.6) is 0 Å². The van der Waals surface area contributed by atoms with Gasteiger partial charge in [0.15, 0.2) is 0 Å². The Kier molecular flexibility index (Phi) is 8.62. The van der Waals surface area contributed by atoms with Crippen LogP contribution in [0.1, 0.15) is 46.9 Å². The first kappa shape index (κ1) is 29.4. The van der Waals surface area contributed by atoms with Crippen LogP contribution in [-0.4, -0.2) is 61.8 Å². The van der Waals surface area contributed by atoms with Gasteiger partial charge in [-0.25, -0.2) is 14.8 Å². The van der Waals surface area contributed by atoms with Gasteiger partial charge >= 0.3 is 5.97 Å². The highest BCUT2D eigenvalue weighted by molar-refractivity contribution is 8.18. The molecule has 11 nitrogen and oxygen atoms in total. The number of carboxylic acids is 1. The molecule has 2 saturated heterocycles. The van der Waals surface area contributed by atoms with Crippen LogP contribution in [0, 0.1) is 5.92 Å². The van der Waals surface area contributed by atoms with Crippen molar-refractivity contribution in [3.8, 4) is 11.3 Å². The van der Waals surface area contributed by atoms with Crippen molar-refractivity contribution >= 4 is 51.7 Å². The number of piperidine rings is 1. The van der Waals surface area contributed by atoms with E-state index in [0.29, 0.717) is 46.7 Å². The van der Waals surface area contributed by atoms with Crippen molar-refractivity contribution in [2.45, 2.75) is 32.7 Å². The summed E-state index contributed by atoms with van der Waals surface area (Å²) in [5.74, 6) is -0.360. The van der Waals surface area contributed by atoms with E-state index in [1.165, 1.54) is 0 Å². The number of pyridine rings is 2. The number of hydrogen-bond acceptors (Lipinski definition) is 10. The first-order chi connectivity index (χ1) is 21.4.